The summed E-state index contributed by atoms with van der Waals surface area (Å²) in [6.45, 7) is -5.97. The van der Waals surface area contributed by atoms with E-state index in [0.717, 1.165) is 8.87 Å². The van der Waals surface area contributed by atoms with E-state index in [2.05, 4.69) is 4.90 Å². The van der Waals surface area contributed by atoms with Crippen molar-refractivity contribution in [3.05, 3.63) is 0 Å². The minimum absolute atomic E-state index is 0.401. The Morgan fingerprint density at radius 3 is 1.07 bits per heavy atom. The van der Waals surface area contributed by atoms with Crippen molar-refractivity contribution in [2.75, 3.05) is 6.54 Å². The number of fused-ring (bicyclic) bond motifs is 20. The summed E-state index contributed by atoms with van der Waals surface area (Å²) >= 11 is 0. The van der Waals surface area contributed by atoms with E-state index in [1.165, 1.54) is 86.7 Å². The van der Waals surface area contributed by atoms with Crippen LogP contribution in [0.15, 0.2) is 0 Å². The van der Waals surface area contributed by atoms with Gasteiger partial charge in [-0.15, -0.1) is 0 Å². The molecule has 20 rings (SSSR count). The fourth-order valence-electron chi connectivity index (χ4n) is 34.3. The first-order valence-electron chi connectivity index (χ1n) is 12.1. The van der Waals surface area contributed by atoms with Gasteiger partial charge in [-0.2, -0.15) is 0 Å². The summed E-state index contributed by atoms with van der Waals surface area (Å²) in [7, 11) is 0. The van der Waals surface area contributed by atoms with Crippen LogP contribution in [-0.2, 0) is 17.8 Å². The van der Waals surface area contributed by atoms with Gasteiger partial charge in [0.1, 0.15) is 0 Å². The number of carbonyl (C=O) groups is 1. The number of rotatable bonds is 4. The van der Waals surface area contributed by atoms with Gasteiger partial charge < -0.3 is 0 Å². The van der Waals surface area contributed by atoms with Gasteiger partial charge in [0.2, 0.25) is 0 Å². The minimum atomic E-state index is -3.27. The molecule has 2 spiro atoms. The monoisotopic (exact) mass is 443 g/mol. The van der Waals surface area contributed by atoms with Crippen molar-refractivity contribution >= 4 is 5.97 Å². The van der Waals surface area contributed by atoms with E-state index in [-0.39, 0.29) is 0 Å². The molecule has 142 valence electrons. The van der Waals surface area contributed by atoms with E-state index in [1.54, 1.807) is 0 Å². The topological polar surface area (TPSA) is 40.5 Å². The van der Waals surface area contributed by atoms with Crippen LogP contribution >= 0.6 is 0 Å². The van der Waals surface area contributed by atoms with Crippen LogP contribution in [0.2, 0.25) is 86.7 Å². The quantitative estimate of drug-likeness (QED) is 0.625. The predicted molar refractivity (Wildman–Crippen MR) is 87.3 cm³/mol. The van der Waals surface area contributed by atoms with Crippen LogP contribution in [-0.4, -0.2) is 31.4 Å². The number of hydrogen-bond donors (Lipinski definition) is 1. The predicted octanol–water partition coefficient (Wildman–Crippen LogP) is 4.97. The zero-order valence-corrected chi connectivity index (χ0v) is 16.8. The zero-order valence-electron chi connectivity index (χ0n) is 14.6. The molecule has 20 saturated heterocycles. The number of hydrogen-bond acceptors (Lipinski definition) is 2. The summed E-state index contributed by atoms with van der Waals surface area (Å²) in [5.41, 5.74) is 0. The molecule has 0 aliphatic carbocycles. The molecule has 27 heavy (non-hydrogen) atoms. The van der Waals surface area contributed by atoms with E-state index >= 15 is 0 Å². The van der Waals surface area contributed by atoms with Gasteiger partial charge in [0.25, 0.3) is 0 Å². The van der Waals surface area contributed by atoms with Gasteiger partial charge in [-0.25, -0.2) is 0 Å². The Balaban J connectivity index is 1.13. The van der Waals surface area contributed by atoms with E-state index in [9.17, 15) is 9.90 Å². The van der Waals surface area contributed by atoms with Crippen LogP contribution in [0.1, 0.15) is 0 Å². The average Bonchev–Trinajstić information content (AvgIpc) is 3.53. The molecule has 3 nitrogen and oxygen atoms in total. The van der Waals surface area contributed by atoms with E-state index < -0.39 is 19.0 Å². The molecule has 20 heterocycles. The molecule has 0 bridgehead atoms. The Hall–Kier alpha value is 0.469. The molecular weight excluding hydrogens is 422 g/mol. The van der Waals surface area contributed by atoms with Crippen LogP contribution in [0.25, 0.3) is 0 Å². The molecular formula is C22H21Fe2NO2. The molecule has 20 aliphatic heterocycles. The van der Waals surface area contributed by atoms with E-state index in [1.807, 2.05) is 0 Å². The number of nitrogens with zero attached hydrogens (tertiary/aromatic N) is 1. The summed E-state index contributed by atoms with van der Waals surface area (Å²) in [5.74, 6) is -0.401. The van der Waals surface area contributed by atoms with Crippen molar-refractivity contribution < 1.29 is 22.9 Å². The van der Waals surface area contributed by atoms with E-state index in [0.29, 0.717) is 6.54 Å². The molecule has 20 aliphatic rings. The maximum atomic E-state index is 12.4. The standard InChI is InChI=1S/C12H11NO2.2C5H5.2Fe/c14-12(15)9-13(10-5-1-2-6-10)11-7-3-4-8-11;2*1-2-4-5-3-1;;/h1-8H,9H2,(H,14,15);2*1-5H;;. The summed E-state index contributed by atoms with van der Waals surface area (Å²) < 4.78 is 1.49. The molecule has 1 N–H and O–H groups in total. The van der Waals surface area contributed by atoms with Gasteiger partial charge in [-0.1, -0.05) is 0 Å². The molecule has 5 heteroatoms. The van der Waals surface area contributed by atoms with Crippen LogP contribution in [0.4, 0.5) is 0 Å². The molecule has 0 aromatic rings. The van der Waals surface area contributed by atoms with Crippen LogP contribution < -0.4 is 0 Å². The van der Waals surface area contributed by atoms with Gasteiger partial charge in [0, 0.05) is 0 Å². The third kappa shape index (κ3) is 0.0809. The Labute approximate surface area is 135 Å². The van der Waals surface area contributed by atoms with Crippen LogP contribution in [0.5, 0.6) is 0 Å². The Morgan fingerprint density at radius 2 is 0.926 bits per heavy atom. The molecule has 20 fully saturated rings. The van der Waals surface area contributed by atoms with Gasteiger partial charge in [-0.3, -0.25) is 0 Å². The fourth-order valence-corrected chi connectivity index (χ4v) is 182. The first-order valence-corrected chi connectivity index (χ1v) is 24.6. The summed E-state index contributed by atoms with van der Waals surface area (Å²) in [4.78, 5) is 39.9. The van der Waals surface area contributed by atoms with Crippen molar-refractivity contribution in [1.29, 1.82) is 0 Å². The molecule has 0 radical (unpaired) electrons. The van der Waals surface area contributed by atoms with Gasteiger partial charge in [0.05, 0.1) is 0 Å². The molecule has 8 unspecified atom stereocenters. The second-order valence-electron chi connectivity index (χ2n) is 20.3. The van der Waals surface area contributed by atoms with Crippen LogP contribution in [0.3, 0.4) is 0 Å². The zero-order chi connectivity index (χ0) is 15.9. The van der Waals surface area contributed by atoms with Gasteiger partial charge >= 0.3 is 136 Å². The van der Waals surface area contributed by atoms with Crippen molar-refractivity contribution in [1.82, 2.24) is 4.90 Å². The third-order valence-electron chi connectivity index (χ3n) is 30.3. The fraction of sp³-hybridized carbons (Fsp3) is 0.955. The summed E-state index contributed by atoms with van der Waals surface area (Å²) in [6, 6.07) is 0. The third-order valence-corrected chi connectivity index (χ3v) is 115. The number of carboxylic acids is 1. The second-order valence-corrected chi connectivity index (χ2v) is 67.3. The van der Waals surface area contributed by atoms with Gasteiger partial charge in [-0.05, 0) is 0 Å². The van der Waals surface area contributed by atoms with Gasteiger partial charge in [0.15, 0.2) is 0 Å². The SMILES string of the molecule is O=C(O)CN([C]12[CH]3[CH]4[CH]5[CH]1[Fe]45321678[CH]2[CH]1[CH]6[CH]7[CH]28)[C]12[CH]3[CH]4[CH]5[CH]1[Fe]45321678[CH]2[CH]1[CH]6[CH]7[CH]28. The Kier molecular flexibility index (Phi) is 0.212. The summed E-state index contributed by atoms with van der Waals surface area (Å²) in [5, 5.41) is 10.3. The molecule has 8 atom stereocenters. The molecule has 0 amide bonds. The molecule has 0 saturated carbocycles. The first-order chi connectivity index (χ1) is 12.6. The molecule has 0 aromatic heterocycles. The maximum absolute atomic E-state index is 12.4. The van der Waals surface area contributed by atoms with Crippen molar-refractivity contribution in [3.63, 3.8) is 0 Å². The van der Waals surface area contributed by atoms with Crippen molar-refractivity contribution in [2.45, 2.75) is 95.6 Å². The first kappa shape index (κ1) is 8.91. The summed E-state index contributed by atoms with van der Waals surface area (Å²) in [6.07, 6.45) is 0. The van der Waals surface area contributed by atoms with Crippen molar-refractivity contribution in [2.24, 2.45) is 0 Å². The Bertz CT molecular complexity index is 1840. The average molecular weight is 443 g/mol. The Morgan fingerprint density at radius 1 is 0.630 bits per heavy atom. The van der Waals surface area contributed by atoms with Crippen molar-refractivity contribution in [3.8, 4) is 0 Å². The normalized spacial score (nSPS) is 148. The van der Waals surface area contributed by atoms with Crippen LogP contribution in [0, 0.1) is 0 Å². The second kappa shape index (κ2) is 0.643. The number of aliphatic carboxylic acids is 1. The van der Waals surface area contributed by atoms with E-state index in [4.69, 9.17) is 0 Å². The number of carboxylic acid groups (broad SMARTS) is 1. The molecule has 0 aromatic carbocycles.